The second-order valence-electron chi connectivity index (χ2n) is 4.62. The van der Waals surface area contributed by atoms with Crippen molar-refractivity contribution in [2.24, 2.45) is 11.8 Å². The summed E-state index contributed by atoms with van der Waals surface area (Å²) in [6.07, 6.45) is 9.52. The molecular formula is C14H24O4. The number of hydrogen-bond acceptors (Lipinski definition) is 2. The first kappa shape index (κ1) is 16.7. The lowest BCUT2D eigenvalue weighted by atomic mass is 9.89. The summed E-state index contributed by atoms with van der Waals surface area (Å²) in [5.41, 5.74) is 0. The molecule has 4 heteroatoms. The van der Waals surface area contributed by atoms with E-state index < -0.39 is 23.8 Å². The number of carboxylic acid groups (broad SMARTS) is 2. The molecule has 104 valence electrons. The van der Waals surface area contributed by atoms with Crippen molar-refractivity contribution in [2.45, 2.75) is 52.4 Å². The van der Waals surface area contributed by atoms with Crippen molar-refractivity contribution in [1.82, 2.24) is 0 Å². The number of allylic oxidation sites excluding steroid dienone is 2. The van der Waals surface area contributed by atoms with Gasteiger partial charge in [0.25, 0.3) is 0 Å². The lowest BCUT2D eigenvalue weighted by molar-refractivity contribution is -0.153. The number of carboxylic acids is 2. The lowest BCUT2D eigenvalue weighted by Gasteiger charge is -2.15. The molecular weight excluding hydrogens is 232 g/mol. The first-order valence-electron chi connectivity index (χ1n) is 6.61. The molecule has 0 radical (unpaired) electrons. The van der Waals surface area contributed by atoms with Crippen LogP contribution in [0.25, 0.3) is 0 Å². The minimum absolute atomic E-state index is 0.418. The smallest absolute Gasteiger partial charge is 0.307 e. The monoisotopic (exact) mass is 256 g/mol. The predicted octanol–water partition coefficient (Wildman–Crippen LogP) is 3.32. The Morgan fingerprint density at radius 3 is 2.06 bits per heavy atom. The van der Waals surface area contributed by atoms with E-state index in [1.54, 1.807) is 0 Å². The minimum Gasteiger partial charge on any atom is -0.481 e. The van der Waals surface area contributed by atoms with E-state index in [-0.39, 0.29) is 0 Å². The molecule has 0 spiro atoms. The van der Waals surface area contributed by atoms with Gasteiger partial charge in [-0.2, -0.15) is 0 Å². The van der Waals surface area contributed by atoms with Crippen LogP contribution in [0.3, 0.4) is 0 Å². The van der Waals surface area contributed by atoms with Crippen molar-refractivity contribution in [3.8, 4) is 0 Å². The highest BCUT2D eigenvalue weighted by molar-refractivity contribution is 5.79. The van der Waals surface area contributed by atoms with Gasteiger partial charge in [0, 0.05) is 0 Å². The van der Waals surface area contributed by atoms with Gasteiger partial charge in [-0.1, -0.05) is 38.8 Å². The molecule has 18 heavy (non-hydrogen) atoms. The number of carbonyl (C=O) groups is 2. The fraction of sp³-hybridized carbons (Fsp3) is 0.714. The number of rotatable bonds is 10. The van der Waals surface area contributed by atoms with Crippen molar-refractivity contribution >= 4 is 11.9 Å². The Hall–Kier alpha value is -1.32. The summed E-state index contributed by atoms with van der Waals surface area (Å²) in [4.78, 5) is 21.7. The molecule has 0 aromatic heterocycles. The molecule has 0 fully saturated rings. The molecule has 4 nitrogen and oxygen atoms in total. The first-order valence-corrected chi connectivity index (χ1v) is 6.61. The van der Waals surface area contributed by atoms with Crippen molar-refractivity contribution in [3.63, 3.8) is 0 Å². The second kappa shape index (κ2) is 9.68. The molecule has 0 aromatic carbocycles. The quantitative estimate of drug-likeness (QED) is 0.464. The Labute approximate surface area is 109 Å². The second-order valence-corrected chi connectivity index (χ2v) is 4.62. The van der Waals surface area contributed by atoms with Gasteiger partial charge in [-0.3, -0.25) is 9.59 Å². The summed E-state index contributed by atoms with van der Waals surface area (Å²) in [6.45, 7) is 3.59. The van der Waals surface area contributed by atoms with E-state index in [1.807, 2.05) is 0 Å². The Morgan fingerprint density at radius 2 is 1.61 bits per heavy atom. The number of aliphatic carboxylic acids is 2. The molecule has 0 aromatic rings. The fourth-order valence-electron chi connectivity index (χ4n) is 1.77. The Bertz CT molecular complexity index is 284. The van der Waals surface area contributed by atoms with E-state index in [2.05, 4.69) is 19.1 Å². The maximum atomic E-state index is 11.0. The van der Waals surface area contributed by atoms with Crippen LogP contribution in [0.15, 0.2) is 12.2 Å². The molecule has 0 rings (SSSR count). The Kier molecular flexibility index (Phi) is 8.97. The zero-order valence-electron chi connectivity index (χ0n) is 11.3. The summed E-state index contributed by atoms with van der Waals surface area (Å²) in [5.74, 6) is -3.67. The van der Waals surface area contributed by atoms with Gasteiger partial charge in [0.1, 0.15) is 0 Å². The van der Waals surface area contributed by atoms with E-state index in [4.69, 9.17) is 10.2 Å². The Balaban J connectivity index is 3.95. The molecule has 2 N–H and O–H groups in total. The van der Waals surface area contributed by atoms with Gasteiger partial charge < -0.3 is 10.2 Å². The number of unbranched alkanes of at least 4 members (excludes halogenated alkanes) is 3. The van der Waals surface area contributed by atoms with E-state index in [0.29, 0.717) is 6.42 Å². The van der Waals surface area contributed by atoms with Crippen molar-refractivity contribution in [1.29, 1.82) is 0 Å². The molecule has 0 aliphatic rings. The topological polar surface area (TPSA) is 74.6 Å². The van der Waals surface area contributed by atoms with Crippen molar-refractivity contribution in [2.75, 3.05) is 0 Å². The van der Waals surface area contributed by atoms with Crippen molar-refractivity contribution in [3.05, 3.63) is 12.2 Å². The largest absolute Gasteiger partial charge is 0.481 e. The number of hydrogen-bond donors (Lipinski definition) is 2. The van der Waals surface area contributed by atoms with E-state index >= 15 is 0 Å². The fourth-order valence-corrected chi connectivity index (χ4v) is 1.77. The van der Waals surface area contributed by atoms with Crippen molar-refractivity contribution < 1.29 is 19.8 Å². The van der Waals surface area contributed by atoms with E-state index in [9.17, 15) is 9.59 Å². The van der Waals surface area contributed by atoms with Crippen LogP contribution >= 0.6 is 0 Å². The van der Waals surface area contributed by atoms with Gasteiger partial charge in [0.2, 0.25) is 0 Å². The zero-order chi connectivity index (χ0) is 14.0. The third-order valence-electron chi connectivity index (χ3n) is 3.09. The molecule has 0 bridgehead atoms. The molecule has 0 heterocycles. The first-order chi connectivity index (χ1) is 8.50. The van der Waals surface area contributed by atoms with Crippen LogP contribution in [-0.2, 0) is 9.59 Å². The summed E-state index contributed by atoms with van der Waals surface area (Å²) < 4.78 is 0. The van der Waals surface area contributed by atoms with Gasteiger partial charge in [-0.15, -0.1) is 0 Å². The van der Waals surface area contributed by atoms with Gasteiger partial charge in [-0.25, -0.2) is 0 Å². The van der Waals surface area contributed by atoms with Crippen LogP contribution in [-0.4, -0.2) is 22.2 Å². The molecule has 2 atom stereocenters. The Morgan fingerprint density at radius 1 is 1.06 bits per heavy atom. The van der Waals surface area contributed by atoms with Crippen LogP contribution in [0.2, 0.25) is 0 Å². The SMILES string of the molecule is CCCCC=CCCCC(C(=O)O)C(C)C(=O)O. The maximum absolute atomic E-state index is 11.0. The molecule has 0 saturated heterocycles. The summed E-state index contributed by atoms with van der Waals surface area (Å²) >= 11 is 0. The molecule has 0 amide bonds. The standard InChI is InChI=1S/C14H24O4/c1-3-4-5-6-7-8-9-10-12(14(17)18)11(2)13(15)16/h6-7,11-12H,3-5,8-10H2,1-2H3,(H,15,16)(H,17,18). The average Bonchev–Trinajstić information content (AvgIpc) is 2.31. The highest BCUT2D eigenvalue weighted by Crippen LogP contribution is 2.19. The third-order valence-corrected chi connectivity index (χ3v) is 3.09. The van der Waals surface area contributed by atoms with Crippen LogP contribution in [0, 0.1) is 11.8 Å². The molecule has 2 unspecified atom stereocenters. The predicted molar refractivity (Wildman–Crippen MR) is 70.4 cm³/mol. The molecule has 0 saturated carbocycles. The minimum atomic E-state index is -1.04. The molecule has 0 aliphatic heterocycles. The summed E-state index contributed by atoms with van der Waals surface area (Å²) in [7, 11) is 0. The van der Waals surface area contributed by atoms with E-state index in [1.165, 1.54) is 19.8 Å². The summed E-state index contributed by atoms with van der Waals surface area (Å²) in [6, 6.07) is 0. The zero-order valence-corrected chi connectivity index (χ0v) is 11.3. The van der Waals surface area contributed by atoms with Crippen LogP contribution in [0.1, 0.15) is 52.4 Å². The van der Waals surface area contributed by atoms with Gasteiger partial charge in [0.05, 0.1) is 11.8 Å². The van der Waals surface area contributed by atoms with Gasteiger partial charge >= 0.3 is 11.9 Å². The van der Waals surface area contributed by atoms with Crippen LogP contribution < -0.4 is 0 Å². The molecule has 0 aliphatic carbocycles. The normalized spacial score (nSPS) is 14.6. The van der Waals surface area contributed by atoms with Gasteiger partial charge in [0.15, 0.2) is 0 Å². The average molecular weight is 256 g/mol. The highest BCUT2D eigenvalue weighted by atomic mass is 16.4. The van der Waals surface area contributed by atoms with E-state index in [0.717, 1.165) is 19.3 Å². The lowest BCUT2D eigenvalue weighted by Crippen LogP contribution is -2.27. The van der Waals surface area contributed by atoms with Crippen LogP contribution in [0.4, 0.5) is 0 Å². The maximum Gasteiger partial charge on any atom is 0.307 e. The van der Waals surface area contributed by atoms with Gasteiger partial charge in [-0.05, 0) is 25.7 Å². The third kappa shape index (κ3) is 7.09. The summed E-state index contributed by atoms with van der Waals surface area (Å²) in [5, 5.41) is 17.8. The highest BCUT2D eigenvalue weighted by Gasteiger charge is 2.28. The van der Waals surface area contributed by atoms with Crippen LogP contribution in [0.5, 0.6) is 0 Å².